The van der Waals surface area contributed by atoms with E-state index < -0.39 is 20.9 Å². The Morgan fingerprint density at radius 1 is 1.00 bits per heavy atom. The lowest BCUT2D eigenvalue weighted by molar-refractivity contribution is -0.385. The van der Waals surface area contributed by atoms with Gasteiger partial charge in [-0.25, -0.2) is 13.4 Å². The van der Waals surface area contributed by atoms with Gasteiger partial charge in [-0.3, -0.25) is 19.6 Å². The van der Waals surface area contributed by atoms with E-state index in [9.17, 15) is 23.3 Å². The summed E-state index contributed by atoms with van der Waals surface area (Å²) < 4.78 is 29.9. The number of imidazole rings is 1. The van der Waals surface area contributed by atoms with Gasteiger partial charge < -0.3 is 9.88 Å². The van der Waals surface area contributed by atoms with Gasteiger partial charge in [0.05, 0.1) is 27.4 Å². The molecular weight excluding hydrogens is 470 g/mol. The van der Waals surface area contributed by atoms with Gasteiger partial charge in [-0.1, -0.05) is 42.5 Å². The van der Waals surface area contributed by atoms with Gasteiger partial charge in [0.1, 0.15) is 0 Å². The molecular formula is C24H21N5O5S. The van der Waals surface area contributed by atoms with E-state index in [0.29, 0.717) is 6.54 Å². The highest BCUT2D eigenvalue weighted by Crippen LogP contribution is 2.23. The summed E-state index contributed by atoms with van der Waals surface area (Å²) in [7, 11) is -4.16. The van der Waals surface area contributed by atoms with E-state index in [-0.39, 0.29) is 28.4 Å². The van der Waals surface area contributed by atoms with E-state index in [4.69, 9.17) is 0 Å². The molecule has 0 atom stereocenters. The minimum atomic E-state index is -4.16. The molecule has 1 heterocycles. The van der Waals surface area contributed by atoms with Crippen LogP contribution in [0.4, 0.5) is 11.4 Å². The largest absolute Gasteiger partial charge is 0.348 e. The van der Waals surface area contributed by atoms with Gasteiger partial charge in [0.2, 0.25) is 0 Å². The molecule has 0 fully saturated rings. The van der Waals surface area contributed by atoms with E-state index >= 15 is 0 Å². The van der Waals surface area contributed by atoms with Gasteiger partial charge in [-0.05, 0) is 29.3 Å². The molecule has 2 N–H and O–H groups in total. The van der Waals surface area contributed by atoms with E-state index in [1.807, 2.05) is 35.0 Å². The van der Waals surface area contributed by atoms with Crippen molar-refractivity contribution in [3.05, 3.63) is 118 Å². The first-order valence-electron chi connectivity index (χ1n) is 10.5. The lowest BCUT2D eigenvalue weighted by atomic mass is 10.1. The molecule has 0 aliphatic rings. The van der Waals surface area contributed by atoms with E-state index in [1.54, 1.807) is 24.7 Å². The number of carbonyl (C=O) groups excluding carboxylic acids is 1. The minimum Gasteiger partial charge on any atom is -0.348 e. The maximum Gasteiger partial charge on any atom is 0.270 e. The second-order valence-electron chi connectivity index (χ2n) is 7.64. The first kappa shape index (κ1) is 23.6. The van der Waals surface area contributed by atoms with Crippen LogP contribution in [0.3, 0.4) is 0 Å². The molecule has 4 aromatic rings. The second kappa shape index (κ2) is 10.2. The first-order chi connectivity index (χ1) is 16.8. The average molecular weight is 492 g/mol. The van der Waals surface area contributed by atoms with Crippen molar-refractivity contribution < 1.29 is 18.1 Å². The lowest BCUT2D eigenvalue weighted by Gasteiger charge is -2.13. The monoisotopic (exact) mass is 491 g/mol. The van der Waals surface area contributed by atoms with Crippen molar-refractivity contribution in [3.8, 4) is 0 Å². The molecule has 4 rings (SSSR count). The fourth-order valence-electron chi connectivity index (χ4n) is 3.44. The Balaban J connectivity index is 1.48. The van der Waals surface area contributed by atoms with Gasteiger partial charge >= 0.3 is 0 Å². The predicted octanol–water partition coefficient (Wildman–Crippen LogP) is 3.57. The lowest BCUT2D eigenvalue weighted by Crippen LogP contribution is -2.25. The van der Waals surface area contributed by atoms with E-state index in [1.165, 1.54) is 30.3 Å². The number of hydrogen-bond donors (Lipinski definition) is 2. The molecule has 0 aliphatic heterocycles. The molecule has 0 unspecified atom stereocenters. The molecule has 178 valence electrons. The molecule has 35 heavy (non-hydrogen) atoms. The van der Waals surface area contributed by atoms with E-state index in [0.717, 1.165) is 17.2 Å². The molecule has 0 aliphatic carbocycles. The zero-order chi connectivity index (χ0) is 24.8. The molecule has 0 saturated carbocycles. The van der Waals surface area contributed by atoms with Gasteiger partial charge in [0.15, 0.2) is 0 Å². The third-order valence-corrected chi connectivity index (χ3v) is 6.49. The molecule has 0 bridgehead atoms. The summed E-state index contributed by atoms with van der Waals surface area (Å²) in [6, 6.07) is 18.6. The van der Waals surface area contributed by atoms with Crippen molar-refractivity contribution >= 4 is 27.3 Å². The Kier molecular flexibility index (Phi) is 6.88. The molecule has 0 radical (unpaired) electrons. The number of nitrogens with one attached hydrogen (secondary N) is 2. The fraction of sp³-hybridized carbons (Fsp3) is 0.0833. The van der Waals surface area contributed by atoms with E-state index in [2.05, 4.69) is 15.0 Å². The SMILES string of the molecule is O=C(NCc1cccc(Cn2ccnc2)c1)c1ccccc1NS(=O)(=O)c1cccc([N+](=O)[O-])c1. The summed E-state index contributed by atoms with van der Waals surface area (Å²) in [4.78, 5) is 27.0. The quantitative estimate of drug-likeness (QED) is 0.271. The normalized spacial score (nSPS) is 11.1. The number of sulfonamides is 1. The molecule has 1 aromatic heterocycles. The second-order valence-corrected chi connectivity index (χ2v) is 9.33. The number of nitro groups is 1. The highest BCUT2D eigenvalue weighted by atomic mass is 32.2. The summed E-state index contributed by atoms with van der Waals surface area (Å²) in [5.41, 5.74) is 1.75. The van der Waals surface area contributed by atoms with Crippen LogP contribution in [0.2, 0.25) is 0 Å². The predicted molar refractivity (Wildman–Crippen MR) is 129 cm³/mol. The summed E-state index contributed by atoms with van der Waals surface area (Å²) in [6.45, 7) is 0.882. The number of benzene rings is 3. The number of rotatable bonds is 9. The number of anilines is 1. The van der Waals surface area contributed by atoms with Crippen molar-refractivity contribution in [1.82, 2.24) is 14.9 Å². The molecule has 1 amide bonds. The Labute approximate surface area is 201 Å². The van der Waals surface area contributed by atoms with Crippen LogP contribution in [-0.2, 0) is 23.1 Å². The number of carbonyl (C=O) groups is 1. The minimum absolute atomic E-state index is 0.0605. The summed E-state index contributed by atoms with van der Waals surface area (Å²) in [5, 5.41) is 13.8. The van der Waals surface area contributed by atoms with Gasteiger partial charge in [0, 0.05) is 37.6 Å². The third kappa shape index (κ3) is 5.89. The fourth-order valence-corrected chi connectivity index (χ4v) is 4.56. The van der Waals surface area contributed by atoms with Crippen LogP contribution in [-0.4, -0.2) is 28.8 Å². The number of amides is 1. The van der Waals surface area contributed by atoms with Crippen molar-refractivity contribution in [2.45, 2.75) is 18.0 Å². The number of nitrogens with zero attached hydrogens (tertiary/aromatic N) is 3. The van der Waals surface area contributed by atoms with Crippen molar-refractivity contribution in [2.24, 2.45) is 0 Å². The first-order valence-corrected chi connectivity index (χ1v) is 12.0. The zero-order valence-corrected chi connectivity index (χ0v) is 19.2. The molecule has 0 spiro atoms. The van der Waals surface area contributed by atoms with Crippen LogP contribution in [0.1, 0.15) is 21.5 Å². The van der Waals surface area contributed by atoms with Gasteiger partial charge in [-0.15, -0.1) is 0 Å². The molecule has 0 saturated heterocycles. The maximum atomic E-state index is 12.9. The number of non-ortho nitro benzene ring substituents is 1. The van der Waals surface area contributed by atoms with Crippen LogP contribution >= 0.6 is 0 Å². The van der Waals surface area contributed by atoms with Crippen molar-refractivity contribution in [1.29, 1.82) is 0 Å². The molecule has 11 heteroatoms. The summed E-state index contributed by atoms with van der Waals surface area (Å²) in [6.07, 6.45) is 5.29. The highest BCUT2D eigenvalue weighted by molar-refractivity contribution is 7.92. The Bertz CT molecular complexity index is 1470. The van der Waals surface area contributed by atoms with Crippen molar-refractivity contribution in [2.75, 3.05) is 4.72 Å². The Morgan fingerprint density at radius 2 is 1.77 bits per heavy atom. The van der Waals surface area contributed by atoms with Crippen LogP contribution in [0.15, 0.2) is 96.4 Å². The summed E-state index contributed by atoms with van der Waals surface area (Å²) in [5.74, 6) is -0.470. The maximum absolute atomic E-state index is 12.9. The number of hydrogen-bond acceptors (Lipinski definition) is 6. The van der Waals surface area contributed by atoms with Crippen LogP contribution in [0.5, 0.6) is 0 Å². The molecule has 10 nitrogen and oxygen atoms in total. The third-order valence-electron chi connectivity index (χ3n) is 5.12. The number of aromatic nitrogens is 2. The zero-order valence-electron chi connectivity index (χ0n) is 18.4. The van der Waals surface area contributed by atoms with Crippen LogP contribution in [0.25, 0.3) is 0 Å². The summed E-state index contributed by atoms with van der Waals surface area (Å²) >= 11 is 0. The highest BCUT2D eigenvalue weighted by Gasteiger charge is 2.20. The average Bonchev–Trinajstić information content (AvgIpc) is 3.36. The topological polar surface area (TPSA) is 136 Å². The van der Waals surface area contributed by atoms with Crippen molar-refractivity contribution in [3.63, 3.8) is 0 Å². The van der Waals surface area contributed by atoms with Gasteiger partial charge in [-0.2, -0.15) is 0 Å². The Hall–Kier alpha value is -4.51. The van der Waals surface area contributed by atoms with Crippen LogP contribution in [0, 0.1) is 10.1 Å². The van der Waals surface area contributed by atoms with Crippen LogP contribution < -0.4 is 10.0 Å². The standard InChI is InChI=1S/C24H21N5O5S/c30-24(26-15-18-5-3-6-19(13-18)16-28-12-11-25-17-28)22-9-1-2-10-23(22)27-35(33,34)21-8-4-7-20(14-21)29(31)32/h1-14,17,27H,15-16H2,(H,26,30). The smallest absolute Gasteiger partial charge is 0.270 e. The Morgan fingerprint density at radius 3 is 2.54 bits per heavy atom. The number of nitro benzene ring substituents is 1. The van der Waals surface area contributed by atoms with Gasteiger partial charge in [0.25, 0.3) is 21.6 Å². The molecule has 3 aromatic carbocycles. The number of para-hydroxylation sites is 1.